The van der Waals surface area contributed by atoms with Crippen molar-refractivity contribution >= 4 is 5.69 Å². The maximum atomic E-state index is 11.7. The predicted octanol–water partition coefficient (Wildman–Crippen LogP) is 1.52. The summed E-state index contributed by atoms with van der Waals surface area (Å²) in [7, 11) is 1.59. The molecule has 21 heavy (non-hydrogen) atoms. The second-order valence-corrected chi connectivity index (χ2v) is 4.62. The van der Waals surface area contributed by atoms with Gasteiger partial charge in [-0.05, 0) is 23.8 Å². The fourth-order valence-electron chi connectivity index (χ4n) is 1.88. The minimum atomic E-state index is -0.153. The summed E-state index contributed by atoms with van der Waals surface area (Å²) in [5.74, 6) is -0.300. The monoisotopic (exact) mass is 290 g/mol. The summed E-state index contributed by atoms with van der Waals surface area (Å²) in [6.45, 7) is 1.43. The minimum absolute atomic E-state index is 0.0834. The van der Waals surface area contributed by atoms with Crippen LogP contribution in [0.1, 0.15) is 5.56 Å². The molecule has 0 aliphatic rings. The van der Waals surface area contributed by atoms with E-state index in [9.17, 15) is 15.0 Å². The van der Waals surface area contributed by atoms with Crippen molar-refractivity contribution in [2.75, 3.05) is 19.0 Å². The highest BCUT2D eigenvalue weighted by atomic mass is 16.5. The molecule has 0 aliphatic carbocycles. The summed E-state index contributed by atoms with van der Waals surface area (Å²) in [4.78, 5) is 11.7. The van der Waals surface area contributed by atoms with Crippen molar-refractivity contribution in [2.45, 2.75) is 13.1 Å². The number of phenolic OH excluding ortho intramolecular Hbond substituents is 2. The summed E-state index contributed by atoms with van der Waals surface area (Å²) in [5, 5.41) is 21.9. The number of nitrogens with zero attached hydrogens (tertiary/aromatic N) is 1. The summed E-state index contributed by atoms with van der Waals surface area (Å²) in [6, 6.07) is 7.83. The van der Waals surface area contributed by atoms with Gasteiger partial charge < -0.3 is 24.8 Å². The first-order valence-electron chi connectivity index (χ1n) is 6.54. The third kappa shape index (κ3) is 4.00. The first-order chi connectivity index (χ1) is 10.1. The molecule has 0 saturated heterocycles. The van der Waals surface area contributed by atoms with Gasteiger partial charge in [-0.2, -0.15) is 0 Å². The fourth-order valence-corrected chi connectivity index (χ4v) is 1.88. The number of phenols is 2. The zero-order chi connectivity index (χ0) is 15.2. The Kier molecular flexibility index (Phi) is 4.84. The van der Waals surface area contributed by atoms with Crippen LogP contribution in [0.2, 0.25) is 0 Å². The predicted molar refractivity (Wildman–Crippen MR) is 79.7 cm³/mol. The van der Waals surface area contributed by atoms with Crippen LogP contribution < -0.4 is 10.9 Å². The van der Waals surface area contributed by atoms with Crippen LogP contribution in [0.15, 0.2) is 41.3 Å². The zero-order valence-corrected chi connectivity index (χ0v) is 11.7. The van der Waals surface area contributed by atoms with Crippen LogP contribution in [-0.2, 0) is 17.8 Å². The van der Waals surface area contributed by atoms with Gasteiger partial charge in [-0.1, -0.05) is 6.07 Å². The molecule has 0 atom stereocenters. The molecule has 0 radical (unpaired) electrons. The van der Waals surface area contributed by atoms with Gasteiger partial charge in [0, 0.05) is 32.5 Å². The molecule has 0 unspecified atom stereocenters. The molecular weight excluding hydrogens is 272 g/mol. The van der Waals surface area contributed by atoms with E-state index < -0.39 is 0 Å². The van der Waals surface area contributed by atoms with Gasteiger partial charge in [-0.3, -0.25) is 4.79 Å². The number of aromatic hydroxyl groups is 2. The third-order valence-corrected chi connectivity index (χ3v) is 3.06. The maximum absolute atomic E-state index is 11.7. The number of rotatable bonds is 6. The number of anilines is 1. The first-order valence-corrected chi connectivity index (χ1v) is 6.54. The van der Waals surface area contributed by atoms with E-state index in [1.807, 2.05) is 0 Å². The van der Waals surface area contributed by atoms with Gasteiger partial charge >= 0.3 is 0 Å². The Bertz CT molecular complexity index is 667. The Hall–Kier alpha value is -2.47. The van der Waals surface area contributed by atoms with Crippen LogP contribution in [-0.4, -0.2) is 28.5 Å². The second kappa shape index (κ2) is 6.81. The van der Waals surface area contributed by atoms with E-state index in [-0.39, 0.29) is 17.1 Å². The number of aromatic nitrogens is 1. The van der Waals surface area contributed by atoms with Gasteiger partial charge in [0.05, 0.1) is 12.3 Å². The largest absolute Gasteiger partial charge is 0.504 e. The molecule has 3 N–H and O–H groups in total. The highest BCUT2D eigenvalue weighted by Gasteiger charge is 2.02. The molecule has 6 heteroatoms. The molecule has 1 heterocycles. The maximum Gasteiger partial charge on any atom is 0.250 e. The number of hydrogen-bond donors (Lipinski definition) is 3. The van der Waals surface area contributed by atoms with Crippen molar-refractivity contribution in [3.63, 3.8) is 0 Å². The molecule has 2 rings (SSSR count). The molecule has 0 saturated carbocycles. The number of ether oxygens (including phenoxy) is 1. The SMILES string of the molecule is COCCn1cc(NCc2ccc(O)c(O)c2)ccc1=O. The smallest absolute Gasteiger partial charge is 0.250 e. The normalized spacial score (nSPS) is 10.5. The van der Waals surface area contributed by atoms with Crippen LogP contribution >= 0.6 is 0 Å². The molecule has 112 valence electrons. The quantitative estimate of drug-likeness (QED) is 0.702. The average Bonchev–Trinajstić information content (AvgIpc) is 2.48. The van der Waals surface area contributed by atoms with E-state index in [0.717, 1.165) is 11.3 Å². The second-order valence-electron chi connectivity index (χ2n) is 4.62. The summed E-state index contributed by atoms with van der Waals surface area (Å²) < 4.78 is 6.53. The number of pyridine rings is 1. The van der Waals surface area contributed by atoms with E-state index >= 15 is 0 Å². The summed E-state index contributed by atoms with van der Waals surface area (Å²) in [6.07, 6.45) is 1.72. The van der Waals surface area contributed by atoms with Crippen molar-refractivity contribution in [3.05, 3.63) is 52.4 Å². The molecule has 0 amide bonds. The minimum Gasteiger partial charge on any atom is -0.504 e. The lowest BCUT2D eigenvalue weighted by atomic mass is 10.2. The van der Waals surface area contributed by atoms with Gasteiger partial charge in [0.2, 0.25) is 0 Å². The lowest BCUT2D eigenvalue weighted by Crippen LogP contribution is -2.21. The number of methoxy groups -OCH3 is 1. The standard InChI is InChI=1S/C15H18N2O4/c1-21-7-6-17-10-12(3-5-15(17)20)16-9-11-2-4-13(18)14(19)8-11/h2-5,8,10,16,18-19H,6-7,9H2,1H3. The molecule has 0 aliphatic heterocycles. The van der Waals surface area contributed by atoms with Gasteiger partial charge in [-0.15, -0.1) is 0 Å². The Labute approximate surface area is 122 Å². The Balaban J connectivity index is 2.05. The van der Waals surface area contributed by atoms with E-state index in [2.05, 4.69) is 5.32 Å². The Morgan fingerprint density at radius 3 is 2.71 bits per heavy atom. The number of hydrogen-bond acceptors (Lipinski definition) is 5. The van der Waals surface area contributed by atoms with Gasteiger partial charge in [0.15, 0.2) is 11.5 Å². The van der Waals surface area contributed by atoms with Gasteiger partial charge in [-0.25, -0.2) is 0 Å². The average molecular weight is 290 g/mol. The molecule has 0 spiro atoms. The van der Waals surface area contributed by atoms with Crippen molar-refractivity contribution in [1.29, 1.82) is 0 Å². The van der Waals surface area contributed by atoms with Crippen molar-refractivity contribution in [1.82, 2.24) is 4.57 Å². The lowest BCUT2D eigenvalue weighted by Gasteiger charge is -2.10. The Morgan fingerprint density at radius 2 is 2.00 bits per heavy atom. The van der Waals surface area contributed by atoms with Crippen molar-refractivity contribution < 1.29 is 14.9 Å². The lowest BCUT2D eigenvalue weighted by molar-refractivity contribution is 0.186. The summed E-state index contributed by atoms with van der Waals surface area (Å²) in [5.41, 5.74) is 1.53. The van der Waals surface area contributed by atoms with Crippen LogP contribution in [0.3, 0.4) is 0 Å². The first kappa shape index (κ1) is 14.9. The number of nitrogens with one attached hydrogen (secondary N) is 1. The molecule has 1 aromatic carbocycles. The van der Waals surface area contributed by atoms with Crippen LogP contribution in [0, 0.1) is 0 Å². The highest BCUT2D eigenvalue weighted by molar-refractivity contribution is 5.44. The topological polar surface area (TPSA) is 83.7 Å². The van der Waals surface area contributed by atoms with Crippen molar-refractivity contribution in [3.8, 4) is 11.5 Å². The van der Waals surface area contributed by atoms with Crippen LogP contribution in [0.5, 0.6) is 11.5 Å². The van der Waals surface area contributed by atoms with Crippen LogP contribution in [0.4, 0.5) is 5.69 Å². The van der Waals surface area contributed by atoms with Gasteiger partial charge in [0.1, 0.15) is 0 Å². The molecule has 1 aromatic heterocycles. The van der Waals surface area contributed by atoms with E-state index in [4.69, 9.17) is 4.74 Å². The third-order valence-electron chi connectivity index (χ3n) is 3.06. The molecule has 6 nitrogen and oxygen atoms in total. The van der Waals surface area contributed by atoms with Crippen molar-refractivity contribution in [2.24, 2.45) is 0 Å². The molecule has 0 fully saturated rings. The summed E-state index contributed by atoms with van der Waals surface area (Å²) >= 11 is 0. The van der Waals surface area contributed by atoms with Gasteiger partial charge in [0.25, 0.3) is 5.56 Å². The fraction of sp³-hybridized carbons (Fsp3) is 0.267. The van der Waals surface area contributed by atoms with E-state index in [0.29, 0.717) is 19.7 Å². The Morgan fingerprint density at radius 1 is 1.19 bits per heavy atom. The zero-order valence-electron chi connectivity index (χ0n) is 11.7. The van der Waals surface area contributed by atoms with E-state index in [1.165, 1.54) is 18.2 Å². The highest BCUT2D eigenvalue weighted by Crippen LogP contribution is 2.25. The molecule has 0 bridgehead atoms. The number of benzene rings is 1. The van der Waals surface area contributed by atoms with Crippen LogP contribution in [0.25, 0.3) is 0 Å². The van der Waals surface area contributed by atoms with E-state index in [1.54, 1.807) is 30.0 Å². The molecular formula is C15H18N2O4. The molecule has 2 aromatic rings.